The normalized spacial score (nSPS) is 10.5. The van der Waals surface area contributed by atoms with Gasteiger partial charge in [-0.1, -0.05) is 12.1 Å². The van der Waals surface area contributed by atoms with Crippen molar-refractivity contribution >= 4 is 11.6 Å². The molecule has 0 aromatic heterocycles. The van der Waals surface area contributed by atoms with Crippen molar-refractivity contribution in [2.45, 2.75) is 0 Å². The number of rotatable bonds is 6. The third-order valence-electron chi connectivity index (χ3n) is 4.73. The first-order valence-electron chi connectivity index (χ1n) is 9.56. The van der Waals surface area contributed by atoms with Crippen LogP contribution in [0.1, 0.15) is 31.8 Å². The Kier molecular flexibility index (Phi) is 5.49. The molecule has 5 heteroatoms. The Labute approximate surface area is 178 Å². The predicted molar refractivity (Wildman–Crippen MR) is 116 cm³/mol. The Balaban J connectivity index is 1.55. The van der Waals surface area contributed by atoms with Gasteiger partial charge in [-0.3, -0.25) is 9.59 Å². The van der Waals surface area contributed by atoms with Crippen molar-refractivity contribution in [1.29, 1.82) is 0 Å². The largest absolute Gasteiger partial charge is 0.508 e. The predicted octanol–water partition coefficient (Wildman–Crippen LogP) is 5.35. The van der Waals surface area contributed by atoms with Crippen molar-refractivity contribution in [3.05, 3.63) is 119 Å². The summed E-state index contributed by atoms with van der Waals surface area (Å²) < 4.78 is 5.92. The third-order valence-corrected chi connectivity index (χ3v) is 4.73. The SMILES string of the molecule is O=C(c1ccc(O)cc1)c1ccc(Oc2ccccc2C(=O)c2ccc(O)cc2)cc1. The molecule has 4 aromatic carbocycles. The van der Waals surface area contributed by atoms with E-state index in [0.29, 0.717) is 33.8 Å². The van der Waals surface area contributed by atoms with Crippen LogP contribution in [0.15, 0.2) is 97.1 Å². The van der Waals surface area contributed by atoms with E-state index in [1.165, 1.54) is 24.3 Å². The summed E-state index contributed by atoms with van der Waals surface area (Å²) >= 11 is 0. The van der Waals surface area contributed by atoms with Gasteiger partial charge >= 0.3 is 0 Å². The van der Waals surface area contributed by atoms with Gasteiger partial charge in [0.1, 0.15) is 23.0 Å². The molecule has 4 rings (SSSR count). The minimum Gasteiger partial charge on any atom is -0.508 e. The molecular weight excluding hydrogens is 392 g/mol. The minimum atomic E-state index is -0.227. The van der Waals surface area contributed by atoms with Crippen LogP contribution in [-0.4, -0.2) is 21.8 Å². The summed E-state index contributed by atoms with van der Waals surface area (Å²) in [6.07, 6.45) is 0. The average Bonchev–Trinajstić information content (AvgIpc) is 2.80. The van der Waals surface area contributed by atoms with Crippen LogP contribution in [0, 0.1) is 0 Å². The smallest absolute Gasteiger partial charge is 0.196 e. The summed E-state index contributed by atoms with van der Waals surface area (Å²) in [6, 6.07) is 25.6. The van der Waals surface area contributed by atoms with E-state index in [0.717, 1.165) is 0 Å². The van der Waals surface area contributed by atoms with Gasteiger partial charge in [-0.2, -0.15) is 0 Å². The molecule has 0 unspecified atom stereocenters. The van der Waals surface area contributed by atoms with Crippen molar-refractivity contribution in [2.24, 2.45) is 0 Å². The van der Waals surface area contributed by atoms with Crippen LogP contribution in [0.5, 0.6) is 23.0 Å². The van der Waals surface area contributed by atoms with Crippen molar-refractivity contribution < 1.29 is 24.5 Å². The number of carbonyl (C=O) groups is 2. The second kappa shape index (κ2) is 8.55. The van der Waals surface area contributed by atoms with E-state index in [9.17, 15) is 19.8 Å². The molecule has 0 radical (unpaired) electrons. The van der Waals surface area contributed by atoms with Gasteiger partial charge in [0, 0.05) is 16.7 Å². The molecular formula is C26H18O5. The lowest BCUT2D eigenvalue weighted by Gasteiger charge is -2.11. The average molecular weight is 410 g/mol. The molecule has 0 saturated carbocycles. The lowest BCUT2D eigenvalue weighted by molar-refractivity contribution is 0.103. The van der Waals surface area contributed by atoms with Gasteiger partial charge in [-0.15, -0.1) is 0 Å². The fraction of sp³-hybridized carbons (Fsp3) is 0. The summed E-state index contributed by atoms with van der Waals surface area (Å²) in [5.74, 6) is 0.652. The first kappa shape index (κ1) is 19.9. The fourth-order valence-electron chi connectivity index (χ4n) is 3.09. The standard InChI is InChI=1S/C26H18O5/c27-20-11-5-17(6-12-20)25(29)18-9-15-22(16-10-18)31-24-4-2-1-3-23(24)26(30)19-7-13-21(28)14-8-19/h1-16,27-28H. The number of aromatic hydroxyl groups is 2. The van der Waals surface area contributed by atoms with Gasteiger partial charge in [-0.05, 0) is 84.9 Å². The summed E-state index contributed by atoms with van der Waals surface area (Å²) in [7, 11) is 0. The topological polar surface area (TPSA) is 83.8 Å². The van der Waals surface area contributed by atoms with Gasteiger partial charge in [0.05, 0.1) is 5.56 Å². The fourth-order valence-corrected chi connectivity index (χ4v) is 3.09. The molecule has 0 aliphatic rings. The second-order valence-electron chi connectivity index (χ2n) is 6.87. The zero-order valence-corrected chi connectivity index (χ0v) is 16.4. The number of ketones is 2. The Morgan fingerprint density at radius 1 is 0.548 bits per heavy atom. The van der Waals surface area contributed by atoms with E-state index in [4.69, 9.17) is 4.74 Å². The zero-order valence-electron chi connectivity index (χ0n) is 16.4. The maximum atomic E-state index is 12.9. The number of carbonyl (C=O) groups excluding carboxylic acids is 2. The molecule has 0 fully saturated rings. The van der Waals surface area contributed by atoms with Crippen molar-refractivity contribution in [3.8, 4) is 23.0 Å². The molecule has 0 atom stereocenters. The maximum absolute atomic E-state index is 12.9. The van der Waals surface area contributed by atoms with Gasteiger partial charge in [-0.25, -0.2) is 0 Å². The Bertz CT molecular complexity index is 1220. The van der Waals surface area contributed by atoms with Crippen LogP contribution in [0.4, 0.5) is 0 Å². The van der Waals surface area contributed by atoms with E-state index < -0.39 is 0 Å². The van der Waals surface area contributed by atoms with E-state index in [2.05, 4.69) is 0 Å². The van der Waals surface area contributed by atoms with E-state index in [1.54, 1.807) is 72.8 Å². The molecule has 0 spiro atoms. The molecule has 5 nitrogen and oxygen atoms in total. The summed E-state index contributed by atoms with van der Waals surface area (Å²) in [4.78, 5) is 25.4. The third kappa shape index (κ3) is 4.46. The minimum absolute atomic E-state index is 0.0861. The molecule has 0 heterocycles. The summed E-state index contributed by atoms with van der Waals surface area (Å²) in [5, 5.41) is 18.8. The molecule has 4 aromatic rings. The number of phenolic OH excluding ortho intramolecular Hbond substituents is 2. The van der Waals surface area contributed by atoms with Crippen molar-refractivity contribution in [2.75, 3.05) is 0 Å². The van der Waals surface area contributed by atoms with Gasteiger partial charge in [0.15, 0.2) is 11.6 Å². The maximum Gasteiger partial charge on any atom is 0.196 e. The van der Waals surface area contributed by atoms with Gasteiger partial charge in [0.25, 0.3) is 0 Å². The number of benzene rings is 4. The monoisotopic (exact) mass is 410 g/mol. The molecule has 31 heavy (non-hydrogen) atoms. The number of para-hydroxylation sites is 1. The first-order chi connectivity index (χ1) is 15.0. The van der Waals surface area contributed by atoms with Crippen LogP contribution in [-0.2, 0) is 0 Å². The molecule has 0 aliphatic carbocycles. The quantitative estimate of drug-likeness (QED) is 0.419. The number of hydrogen-bond donors (Lipinski definition) is 2. The molecule has 152 valence electrons. The molecule has 0 saturated heterocycles. The molecule has 0 aliphatic heterocycles. The highest BCUT2D eigenvalue weighted by Gasteiger charge is 2.15. The first-order valence-corrected chi connectivity index (χ1v) is 9.56. The lowest BCUT2D eigenvalue weighted by Crippen LogP contribution is -2.04. The number of ether oxygens (including phenoxy) is 1. The van der Waals surface area contributed by atoms with E-state index in [-0.39, 0.29) is 23.1 Å². The molecule has 0 bridgehead atoms. The Morgan fingerprint density at radius 2 is 1.00 bits per heavy atom. The summed E-state index contributed by atoms with van der Waals surface area (Å²) in [5.41, 5.74) is 1.77. The van der Waals surface area contributed by atoms with Crippen molar-refractivity contribution in [3.63, 3.8) is 0 Å². The highest BCUT2D eigenvalue weighted by molar-refractivity contribution is 6.11. The highest BCUT2D eigenvalue weighted by atomic mass is 16.5. The van der Waals surface area contributed by atoms with Crippen LogP contribution < -0.4 is 4.74 Å². The molecule has 0 amide bonds. The van der Waals surface area contributed by atoms with Crippen LogP contribution >= 0.6 is 0 Å². The van der Waals surface area contributed by atoms with E-state index in [1.807, 2.05) is 0 Å². The van der Waals surface area contributed by atoms with Crippen LogP contribution in [0.2, 0.25) is 0 Å². The Hall–Kier alpha value is -4.38. The van der Waals surface area contributed by atoms with Crippen LogP contribution in [0.25, 0.3) is 0 Å². The highest BCUT2D eigenvalue weighted by Crippen LogP contribution is 2.28. The second-order valence-corrected chi connectivity index (χ2v) is 6.87. The van der Waals surface area contributed by atoms with Gasteiger partial charge < -0.3 is 14.9 Å². The van der Waals surface area contributed by atoms with Gasteiger partial charge in [0.2, 0.25) is 0 Å². The van der Waals surface area contributed by atoms with Crippen molar-refractivity contribution in [1.82, 2.24) is 0 Å². The van der Waals surface area contributed by atoms with Crippen LogP contribution in [0.3, 0.4) is 0 Å². The number of phenols is 2. The number of hydrogen-bond acceptors (Lipinski definition) is 5. The summed E-state index contributed by atoms with van der Waals surface area (Å²) in [6.45, 7) is 0. The molecule has 2 N–H and O–H groups in total. The zero-order chi connectivity index (χ0) is 21.8. The Morgan fingerprint density at radius 3 is 1.55 bits per heavy atom. The van der Waals surface area contributed by atoms with E-state index >= 15 is 0 Å². The lowest BCUT2D eigenvalue weighted by atomic mass is 10.0.